The van der Waals surface area contributed by atoms with Crippen molar-refractivity contribution in [3.05, 3.63) is 44.8 Å². The van der Waals surface area contributed by atoms with Gasteiger partial charge in [-0.2, -0.15) is 0 Å². The van der Waals surface area contributed by atoms with Crippen molar-refractivity contribution in [2.45, 2.75) is 25.3 Å². The molecule has 0 bridgehead atoms. The monoisotopic (exact) mass is 389 g/mol. The molecule has 0 aromatic carbocycles. The highest BCUT2D eigenvalue weighted by Gasteiger charge is 2.45. The van der Waals surface area contributed by atoms with Crippen molar-refractivity contribution < 1.29 is 14.4 Å². The van der Waals surface area contributed by atoms with E-state index in [1.54, 1.807) is 22.7 Å². The predicted molar refractivity (Wildman–Crippen MR) is 99.8 cm³/mol. The molecule has 1 atom stereocenters. The van der Waals surface area contributed by atoms with Gasteiger partial charge in [-0.05, 0) is 35.7 Å². The van der Waals surface area contributed by atoms with Crippen LogP contribution in [0, 0.1) is 0 Å². The smallest absolute Gasteiger partial charge is 0.278 e. The minimum Gasteiger partial charge on any atom is -0.278 e. The van der Waals surface area contributed by atoms with Crippen LogP contribution in [0.5, 0.6) is 0 Å². The third-order valence-electron chi connectivity index (χ3n) is 4.86. The van der Waals surface area contributed by atoms with Crippen LogP contribution in [0.4, 0.5) is 4.79 Å². The first-order valence-electron chi connectivity index (χ1n) is 8.62. The maximum Gasteiger partial charge on any atom is 0.335 e. The van der Waals surface area contributed by atoms with E-state index in [0.717, 1.165) is 34.1 Å². The van der Waals surface area contributed by atoms with Crippen LogP contribution in [0.1, 0.15) is 28.6 Å². The van der Waals surface area contributed by atoms with E-state index in [4.69, 9.17) is 0 Å². The summed E-state index contributed by atoms with van der Waals surface area (Å²) < 4.78 is 0. The van der Waals surface area contributed by atoms with Gasteiger partial charge in [-0.15, -0.1) is 22.7 Å². The van der Waals surface area contributed by atoms with Gasteiger partial charge in [-0.25, -0.2) is 9.69 Å². The zero-order chi connectivity index (χ0) is 18.1. The molecule has 2 aromatic rings. The molecule has 8 heteroatoms. The van der Waals surface area contributed by atoms with Crippen molar-refractivity contribution in [1.29, 1.82) is 0 Å². The van der Waals surface area contributed by atoms with Crippen molar-refractivity contribution >= 4 is 40.5 Å². The number of hydrogen-bond acceptors (Lipinski definition) is 6. The van der Waals surface area contributed by atoms with E-state index in [2.05, 4.69) is 11.0 Å². The molecule has 4 heterocycles. The number of amides is 4. The molecule has 0 aliphatic carbocycles. The molecule has 0 spiro atoms. The highest BCUT2D eigenvalue weighted by atomic mass is 32.1. The van der Waals surface area contributed by atoms with E-state index in [9.17, 15) is 14.4 Å². The fraction of sp³-hybridized carbons (Fsp3) is 0.389. The lowest BCUT2D eigenvalue weighted by molar-refractivity contribution is -0.144. The summed E-state index contributed by atoms with van der Waals surface area (Å²) in [4.78, 5) is 43.9. The Balaban J connectivity index is 1.44. The number of thiophene rings is 2. The molecule has 4 amide bonds. The normalized spacial score (nSPS) is 21.4. The predicted octanol–water partition coefficient (Wildman–Crippen LogP) is 2.94. The summed E-state index contributed by atoms with van der Waals surface area (Å²) in [5, 5.41) is 3.99. The minimum atomic E-state index is -0.710. The van der Waals surface area contributed by atoms with Crippen molar-refractivity contribution in [1.82, 2.24) is 14.7 Å². The van der Waals surface area contributed by atoms with Crippen LogP contribution in [-0.2, 0) is 16.0 Å². The fourth-order valence-electron chi connectivity index (χ4n) is 3.53. The summed E-state index contributed by atoms with van der Waals surface area (Å²) in [7, 11) is 0. The van der Waals surface area contributed by atoms with Gasteiger partial charge in [-0.3, -0.25) is 19.4 Å². The number of carbonyl (C=O) groups excluding carboxylic acids is 3. The molecule has 2 saturated heterocycles. The van der Waals surface area contributed by atoms with Crippen molar-refractivity contribution in [2.75, 3.05) is 19.8 Å². The Hall–Kier alpha value is -2.03. The Labute approximate surface area is 159 Å². The molecule has 0 saturated carbocycles. The van der Waals surface area contributed by atoms with Crippen LogP contribution in [0.3, 0.4) is 0 Å². The molecule has 0 radical (unpaired) electrons. The summed E-state index contributed by atoms with van der Waals surface area (Å²) in [5.74, 6) is -1.42. The quantitative estimate of drug-likeness (QED) is 0.563. The first-order valence-corrected chi connectivity index (χ1v) is 10.4. The molecule has 4 rings (SSSR count). The number of carbonyl (C=O) groups is 3. The van der Waals surface area contributed by atoms with E-state index in [1.165, 1.54) is 4.88 Å². The third kappa shape index (κ3) is 3.20. The molecule has 6 nitrogen and oxygen atoms in total. The van der Waals surface area contributed by atoms with E-state index >= 15 is 0 Å². The van der Waals surface area contributed by atoms with Gasteiger partial charge in [-0.1, -0.05) is 12.1 Å². The molecule has 2 aliphatic heterocycles. The van der Waals surface area contributed by atoms with Crippen molar-refractivity contribution in [3.63, 3.8) is 0 Å². The number of imide groups is 2. The van der Waals surface area contributed by atoms with Crippen LogP contribution in [0.25, 0.3) is 0 Å². The molecule has 2 aromatic heterocycles. The maximum atomic E-state index is 12.7. The lowest BCUT2D eigenvalue weighted by Crippen LogP contribution is -2.42. The summed E-state index contributed by atoms with van der Waals surface area (Å²) in [6, 6.07) is 7.71. The highest BCUT2D eigenvalue weighted by Crippen LogP contribution is 2.34. The lowest BCUT2D eigenvalue weighted by Gasteiger charge is -2.27. The van der Waals surface area contributed by atoms with Crippen LogP contribution < -0.4 is 0 Å². The average Bonchev–Trinajstić information content (AvgIpc) is 3.41. The molecular weight excluding hydrogens is 370 g/mol. The number of rotatable bonds is 6. The van der Waals surface area contributed by atoms with Crippen molar-refractivity contribution in [2.24, 2.45) is 0 Å². The number of hydrogen-bond donors (Lipinski definition) is 0. The largest absolute Gasteiger partial charge is 0.335 e. The third-order valence-corrected chi connectivity index (χ3v) is 6.77. The standard InChI is InChI=1S/C18H19N3O3S2/c22-16-17(23)21(18(24)20(16)9-7-13-4-2-10-25-13)12-19-8-1-5-14(19)15-6-3-11-26-15/h2-4,6,10-11,14H,1,5,7-9,12H2/t14-/m1/s1. The van der Waals surface area contributed by atoms with Gasteiger partial charge in [0.25, 0.3) is 0 Å². The van der Waals surface area contributed by atoms with E-state index in [0.29, 0.717) is 6.42 Å². The Morgan fingerprint density at radius 3 is 2.50 bits per heavy atom. The molecule has 0 unspecified atom stereocenters. The maximum absolute atomic E-state index is 12.7. The van der Waals surface area contributed by atoms with Crippen LogP contribution >= 0.6 is 22.7 Å². The molecular formula is C18H19N3O3S2. The van der Waals surface area contributed by atoms with Crippen LogP contribution in [0.15, 0.2) is 35.0 Å². The molecule has 136 valence electrons. The summed E-state index contributed by atoms with van der Waals surface area (Å²) in [6.45, 7) is 1.25. The second-order valence-corrected chi connectivity index (χ2v) is 8.44. The second kappa shape index (κ2) is 7.30. The fourth-order valence-corrected chi connectivity index (χ4v) is 5.12. The summed E-state index contributed by atoms with van der Waals surface area (Å²) in [6.07, 6.45) is 2.61. The Bertz CT molecular complexity index is 804. The molecule has 2 fully saturated rings. The molecule has 26 heavy (non-hydrogen) atoms. The van der Waals surface area contributed by atoms with Gasteiger partial charge in [0.05, 0.1) is 6.67 Å². The Morgan fingerprint density at radius 1 is 1.00 bits per heavy atom. The van der Waals surface area contributed by atoms with Crippen LogP contribution in [-0.4, -0.2) is 52.3 Å². The SMILES string of the molecule is O=C1C(=O)N(CN2CCC[C@@H]2c2cccs2)C(=O)N1CCc1cccs1. The van der Waals surface area contributed by atoms with Gasteiger partial charge in [0, 0.05) is 35.3 Å². The average molecular weight is 390 g/mol. The van der Waals surface area contributed by atoms with E-state index in [-0.39, 0.29) is 19.3 Å². The molecule has 0 N–H and O–H groups in total. The summed E-state index contributed by atoms with van der Waals surface area (Å²) >= 11 is 3.27. The van der Waals surface area contributed by atoms with E-state index < -0.39 is 17.8 Å². The topological polar surface area (TPSA) is 60.9 Å². The highest BCUT2D eigenvalue weighted by molar-refractivity contribution is 7.10. The van der Waals surface area contributed by atoms with Gasteiger partial charge >= 0.3 is 17.8 Å². The first kappa shape index (κ1) is 17.4. The lowest BCUT2D eigenvalue weighted by atomic mass is 10.2. The van der Waals surface area contributed by atoms with E-state index in [1.807, 2.05) is 29.0 Å². The summed E-state index contributed by atoms with van der Waals surface area (Å²) in [5.41, 5.74) is 0. The Morgan fingerprint density at radius 2 is 1.77 bits per heavy atom. The minimum absolute atomic E-state index is 0.182. The van der Waals surface area contributed by atoms with Crippen molar-refractivity contribution in [3.8, 4) is 0 Å². The zero-order valence-corrected chi connectivity index (χ0v) is 15.8. The van der Waals surface area contributed by atoms with Gasteiger partial charge < -0.3 is 0 Å². The van der Waals surface area contributed by atoms with Gasteiger partial charge in [0.15, 0.2) is 0 Å². The number of likely N-dealkylation sites (tertiary alicyclic amines) is 1. The first-order chi connectivity index (χ1) is 12.6. The van der Waals surface area contributed by atoms with Crippen LogP contribution in [0.2, 0.25) is 0 Å². The van der Waals surface area contributed by atoms with Gasteiger partial charge in [0.2, 0.25) is 0 Å². The Kier molecular flexibility index (Phi) is 4.88. The molecule has 2 aliphatic rings. The second-order valence-electron chi connectivity index (χ2n) is 6.43. The zero-order valence-electron chi connectivity index (χ0n) is 14.2. The van der Waals surface area contributed by atoms with Gasteiger partial charge in [0.1, 0.15) is 0 Å². The number of nitrogens with zero attached hydrogens (tertiary/aromatic N) is 3. The number of urea groups is 1.